The summed E-state index contributed by atoms with van der Waals surface area (Å²) in [4.78, 5) is 0. The zero-order valence-corrected chi connectivity index (χ0v) is 11.4. The number of nitrogens with one attached hydrogen (secondary N) is 1. The second-order valence-corrected chi connectivity index (χ2v) is 4.85. The van der Waals surface area contributed by atoms with E-state index in [1.165, 1.54) is 30.3 Å². The van der Waals surface area contributed by atoms with Crippen LogP contribution >= 0.6 is 11.6 Å². The van der Waals surface area contributed by atoms with Gasteiger partial charge >= 0.3 is 0 Å². The SMILES string of the molecule is Fc1cc(F)cc(CCNCc2cc(F)ccc2Cl)c1. The molecule has 0 amide bonds. The molecule has 0 radical (unpaired) electrons. The summed E-state index contributed by atoms with van der Waals surface area (Å²) in [7, 11) is 0. The summed E-state index contributed by atoms with van der Waals surface area (Å²) < 4.78 is 39.0. The maximum absolute atomic E-state index is 13.0. The Morgan fingerprint density at radius 3 is 2.30 bits per heavy atom. The van der Waals surface area contributed by atoms with Crippen LogP contribution in [0.25, 0.3) is 0 Å². The summed E-state index contributed by atoms with van der Waals surface area (Å²) in [5.74, 6) is -1.53. The summed E-state index contributed by atoms with van der Waals surface area (Å²) in [5.41, 5.74) is 1.22. The first-order valence-corrected chi connectivity index (χ1v) is 6.52. The van der Waals surface area contributed by atoms with Gasteiger partial charge in [-0.05, 0) is 54.4 Å². The first-order valence-electron chi connectivity index (χ1n) is 6.14. The third-order valence-corrected chi connectivity index (χ3v) is 3.20. The van der Waals surface area contributed by atoms with Crippen molar-refractivity contribution in [1.29, 1.82) is 0 Å². The van der Waals surface area contributed by atoms with E-state index in [0.717, 1.165) is 6.07 Å². The molecule has 2 aromatic rings. The second-order valence-electron chi connectivity index (χ2n) is 4.44. The van der Waals surface area contributed by atoms with Crippen molar-refractivity contribution < 1.29 is 13.2 Å². The molecule has 1 N–H and O–H groups in total. The summed E-state index contributed by atoms with van der Waals surface area (Å²) in [6.45, 7) is 0.907. The Bertz CT molecular complexity index is 581. The van der Waals surface area contributed by atoms with Gasteiger partial charge in [0, 0.05) is 17.6 Å². The van der Waals surface area contributed by atoms with Gasteiger partial charge in [-0.3, -0.25) is 0 Å². The number of hydrogen-bond acceptors (Lipinski definition) is 1. The second kappa shape index (κ2) is 6.77. The van der Waals surface area contributed by atoms with E-state index in [0.29, 0.717) is 35.7 Å². The van der Waals surface area contributed by atoms with Gasteiger partial charge in [-0.25, -0.2) is 13.2 Å². The molecule has 0 saturated carbocycles. The summed E-state index contributed by atoms with van der Waals surface area (Å²) in [6.07, 6.45) is 0.474. The molecule has 0 unspecified atom stereocenters. The summed E-state index contributed by atoms with van der Waals surface area (Å²) >= 11 is 5.93. The Morgan fingerprint density at radius 1 is 0.900 bits per heavy atom. The molecule has 0 bridgehead atoms. The first-order chi connectivity index (χ1) is 9.54. The average molecular weight is 300 g/mol. The normalized spacial score (nSPS) is 10.8. The Hall–Kier alpha value is -1.52. The maximum Gasteiger partial charge on any atom is 0.126 e. The Balaban J connectivity index is 1.86. The van der Waals surface area contributed by atoms with Crippen molar-refractivity contribution in [3.05, 3.63) is 70.0 Å². The molecule has 0 aliphatic heterocycles. The van der Waals surface area contributed by atoms with Crippen molar-refractivity contribution in [2.75, 3.05) is 6.54 Å². The highest BCUT2D eigenvalue weighted by Gasteiger charge is 2.03. The molecule has 5 heteroatoms. The zero-order chi connectivity index (χ0) is 14.5. The monoisotopic (exact) mass is 299 g/mol. The summed E-state index contributed by atoms with van der Waals surface area (Å²) in [6, 6.07) is 7.57. The molecule has 2 aromatic carbocycles. The highest BCUT2D eigenvalue weighted by Crippen LogP contribution is 2.16. The van der Waals surface area contributed by atoms with Crippen LogP contribution in [-0.2, 0) is 13.0 Å². The predicted molar refractivity (Wildman–Crippen MR) is 73.2 cm³/mol. The van der Waals surface area contributed by atoms with Crippen molar-refractivity contribution in [3.8, 4) is 0 Å². The lowest BCUT2D eigenvalue weighted by molar-refractivity contribution is 0.577. The number of hydrogen-bond donors (Lipinski definition) is 1. The van der Waals surface area contributed by atoms with E-state index in [2.05, 4.69) is 5.32 Å². The fourth-order valence-electron chi connectivity index (χ4n) is 1.89. The topological polar surface area (TPSA) is 12.0 Å². The van der Waals surface area contributed by atoms with Crippen LogP contribution in [0.2, 0.25) is 5.02 Å². The third kappa shape index (κ3) is 4.25. The van der Waals surface area contributed by atoms with Crippen molar-refractivity contribution in [3.63, 3.8) is 0 Å². The quantitative estimate of drug-likeness (QED) is 0.820. The van der Waals surface area contributed by atoms with Gasteiger partial charge in [0.2, 0.25) is 0 Å². The van der Waals surface area contributed by atoms with Gasteiger partial charge in [0.25, 0.3) is 0 Å². The van der Waals surface area contributed by atoms with Crippen molar-refractivity contribution in [1.82, 2.24) is 5.32 Å². The largest absolute Gasteiger partial charge is 0.312 e. The van der Waals surface area contributed by atoms with Crippen LogP contribution in [0.5, 0.6) is 0 Å². The van der Waals surface area contributed by atoms with Gasteiger partial charge in [0.15, 0.2) is 0 Å². The van der Waals surface area contributed by atoms with E-state index in [-0.39, 0.29) is 5.82 Å². The first kappa shape index (κ1) is 14.9. The molecule has 0 aromatic heterocycles. The number of rotatable bonds is 5. The minimum atomic E-state index is -0.590. The van der Waals surface area contributed by atoms with Crippen LogP contribution in [-0.4, -0.2) is 6.54 Å². The van der Waals surface area contributed by atoms with Crippen LogP contribution in [0.15, 0.2) is 36.4 Å². The van der Waals surface area contributed by atoms with Crippen LogP contribution in [0, 0.1) is 17.5 Å². The zero-order valence-electron chi connectivity index (χ0n) is 10.6. The standard InChI is InChI=1S/C15H13ClF3N/c16-15-2-1-12(17)7-11(15)9-20-4-3-10-5-13(18)8-14(19)6-10/h1-2,5-8,20H,3-4,9H2. The number of halogens is 4. The predicted octanol–water partition coefficient (Wildman–Crippen LogP) is 4.09. The van der Waals surface area contributed by atoms with Crippen LogP contribution in [0.3, 0.4) is 0 Å². The minimum Gasteiger partial charge on any atom is -0.312 e. The van der Waals surface area contributed by atoms with Crippen LogP contribution in [0.4, 0.5) is 13.2 Å². The Labute approximate surface area is 120 Å². The highest BCUT2D eigenvalue weighted by atomic mass is 35.5. The molecule has 1 nitrogen and oxygen atoms in total. The molecule has 0 saturated heterocycles. The van der Waals surface area contributed by atoms with Crippen LogP contribution in [0.1, 0.15) is 11.1 Å². The average Bonchev–Trinajstić information content (AvgIpc) is 2.37. The van der Waals surface area contributed by atoms with Crippen molar-refractivity contribution in [2.24, 2.45) is 0 Å². The molecule has 0 spiro atoms. The van der Waals surface area contributed by atoms with E-state index in [1.807, 2.05) is 0 Å². The number of benzene rings is 2. The van der Waals surface area contributed by atoms with Gasteiger partial charge < -0.3 is 5.32 Å². The van der Waals surface area contributed by atoms with E-state index >= 15 is 0 Å². The smallest absolute Gasteiger partial charge is 0.126 e. The molecule has 0 aliphatic carbocycles. The van der Waals surface area contributed by atoms with Gasteiger partial charge in [-0.15, -0.1) is 0 Å². The van der Waals surface area contributed by atoms with Gasteiger partial charge in [0.05, 0.1) is 0 Å². The molecular weight excluding hydrogens is 287 g/mol. The molecule has 0 fully saturated rings. The van der Waals surface area contributed by atoms with E-state index < -0.39 is 11.6 Å². The Kier molecular flexibility index (Phi) is 5.04. The molecule has 0 heterocycles. The van der Waals surface area contributed by atoms with Gasteiger partial charge in [-0.2, -0.15) is 0 Å². The van der Waals surface area contributed by atoms with Crippen LogP contribution < -0.4 is 5.32 Å². The lowest BCUT2D eigenvalue weighted by Gasteiger charge is -2.07. The van der Waals surface area contributed by atoms with E-state index in [1.54, 1.807) is 0 Å². The highest BCUT2D eigenvalue weighted by molar-refractivity contribution is 6.31. The van der Waals surface area contributed by atoms with Crippen molar-refractivity contribution >= 4 is 11.6 Å². The molecular formula is C15H13ClF3N. The third-order valence-electron chi connectivity index (χ3n) is 2.84. The lowest BCUT2D eigenvalue weighted by Crippen LogP contribution is -2.17. The summed E-state index contributed by atoms with van der Waals surface area (Å²) in [5, 5.41) is 3.54. The molecule has 0 aliphatic rings. The molecule has 0 atom stereocenters. The van der Waals surface area contributed by atoms with E-state index in [9.17, 15) is 13.2 Å². The minimum absolute atomic E-state index is 0.349. The van der Waals surface area contributed by atoms with E-state index in [4.69, 9.17) is 11.6 Å². The lowest BCUT2D eigenvalue weighted by atomic mass is 10.1. The molecule has 106 valence electrons. The fraction of sp³-hybridized carbons (Fsp3) is 0.200. The molecule has 20 heavy (non-hydrogen) atoms. The van der Waals surface area contributed by atoms with Crippen molar-refractivity contribution in [2.45, 2.75) is 13.0 Å². The van der Waals surface area contributed by atoms with Gasteiger partial charge in [0.1, 0.15) is 17.5 Å². The Morgan fingerprint density at radius 2 is 1.60 bits per heavy atom. The molecule has 2 rings (SSSR count). The van der Waals surface area contributed by atoms with Gasteiger partial charge in [-0.1, -0.05) is 11.6 Å². The fourth-order valence-corrected chi connectivity index (χ4v) is 2.07. The maximum atomic E-state index is 13.0.